The molecule has 18 heavy (non-hydrogen) atoms. The number of ketones is 1. The van der Waals surface area contributed by atoms with Gasteiger partial charge in [0.25, 0.3) is 0 Å². The number of Topliss-reactive ketones (excluding diaryl/α,β-unsaturated/α-hetero) is 1. The molecule has 5 heteroatoms. The van der Waals surface area contributed by atoms with Crippen molar-refractivity contribution in [2.45, 2.75) is 12.5 Å². The quantitative estimate of drug-likeness (QED) is 0.802. The van der Waals surface area contributed by atoms with Crippen LogP contribution in [0.25, 0.3) is 0 Å². The lowest BCUT2D eigenvalue weighted by Gasteiger charge is -2.25. The fourth-order valence-electron chi connectivity index (χ4n) is 2.05. The second-order valence-electron chi connectivity index (χ2n) is 4.12. The number of hydrogen-bond donors (Lipinski definition) is 1. The Labute approximate surface area is 108 Å². The van der Waals surface area contributed by atoms with Gasteiger partial charge in [-0.05, 0) is 24.3 Å². The van der Waals surface area contributed by atoms with Crippen LogP contribution in [0.4, 0.5) is 5.69 Å². The number of carbonyl (C=O) groups excluding carboxylic acids is 1. The number of nitrogens with two attached hydrogens (primary N) is 1. The summed E-state index contributed by atoms with van der Waals surface area (Å²) in [6.07, 6.45) is 1.34. The molecule has 0 aliphatic carbocycles. The lowest BCUT2D eigenvalue weighted by molar-refractivity contribution is 0.0819. The van der Waals surface area contributed by atoms with Crippen LogP contribution in [0, 0.1) is 0 Å². The predicted octanol–water partition coefficient (Wildman–Crippen LogP) is 3.22. The molecule has 1 aromatic carbocycles. The maximum Gasteiger partial charge on any atom is 0.170 e. The van der Waals surface area contributed by atoms with E-state index in [9.17, 15) is 4.79 Å². The molecular formula is C13H10ClNO3. The second kappa shape index (κ2) is 4.07. The van der Waals surface area contributed by atoms with Crippen molar-refractivity contribution in [3.05, 3.63) is 46.9 Å². The topological polar surface area (TPSA) is 65.5 Å². The van der Waals surface area contributed by atoms with E-state index < -0.39 is 6.10 Å². The zero-order valence-electron chi connectivity index (χ0n) is 9.35. The van der Waals surface area contributed by atoms with Crippen LogP contribution in [0.15, 0.2) is 34.9 Å². The van der Waals surface area contributed by atoms with Crippen molar-refractivity contribution in [1.82, 2.24) is 0 Å². The highest BCUT2D eigenvalue weighted by atomic mass is 35.5. The van der Waals surface area contributed by atoms with Gasteiger partial charge in [0.15, 0.2) is 17.6 Å². The smallest absolute Gasteiger partial charge is 0.170 e. The first-order valence-corrected chi connectivity index (χ1v) is 5.85. The standard InChI is InChI=1S/C13H10ClNO3/c14-7-4-8-10(16)6-12(11-2-1-3-17-11)18-13(8)9(15)5-7/h1-5,12H,6,15H2. The molecule has 1 aliphatic rings. The lowest BCUT2D eigenvalue weighted by atomic mass is 9.99. The summed E-state index contributed by atoms with van der Waals surface area (Å²) in [4.78, 5) is 12.1. The largest absolute Gasteiger partial charge is 0.479 e. The first-order chi connectivity index (χ1) is 8.65. The molecule has 0 fully saturated rings. The highest BCUT2D eigenvalue weighted by molar-refractivity contribution is 6.31. The summed E-state index contributed by atoms with van der Waals surface area (Å²) in [5.41, 5.74) is 6.62. The van der Waals surface area contributed by atoms with Crippen LogP contribution in [-0.4, -0.2) is 5.78 Å². The van der Waals surface area contributed by atoms with E-state index in [-0.39, 0.29) is 12.2 Å². The number of anilines is 1. The second-order valence-corrected chi connectivity index (χ2v) is 4.56. The van der Waals surface area contributed by atoms with Gasteiger partial charge in [-0.2, -0.15) is 0 Å². The van der Waals surface area contributed by atoms with Crippen LogP contribution in [0.3, 0.4) is 0 Å². The van der Waals surface area contributed by atoms with Gasteiger partial charge >= 0.3 is 0 Å². The molecule has 4 nitrogen and oxygen atoms in total. The van der Waals surface area contributed by atoms with Crippen LogP contribution >= 0.6 is 11.6 Å². The van der Waals surface area contributed by atoms with Gasteiger partial charge in [0.05, 0.1) is 23.9 Å². The number of halogens is 1. The summed E-state index contributed by atoms with van der Waals surface area (Å²) in [7, 11) is 0. The number of carbonyl (C=O) groups is 1. The number of rotatable bonds is 1. The number of hydrogen-bond acceptors (Lipinski definition) is 4. The van der Waals surface area contributed by atoms with Gasteiger partial charge in [0.1, 0.15) is 5.76 Å². The molecule has 0 saturated carbocycles. The van der Waals surface area contributed by atoms with Crippen molar-refractivity contribution in [2.24, 2.45) is 0 Å². The zero-order chi connectivity index (χ0) is 12.7. The van der Waals surface area contributed by atoms with E-state index in [0.717, 1.165) is 0 Å². The molecule has 0 bridgehead atoms. The summed E-state index contributed by atoms with van der Waals surface area (Å²) in [5, 5.41) is 0.430. The van der Waals surface area contributed by atoms with E-state index in [1.165, 1.54) is 0 Å². The molecule has 2 heterocycles. The summed E-state index contributed by atoms with van der Waals surface area (Å²) in [6.45, 7) is 0. The molecule has 1 atom stereocenters. The van der Waals surface area contributed by atoms with Gasteiger partial charge in [0, 0.05) is 5.02 Å². The van der Waals surface area contributed by atoms with Crippen molar-refractivity contribution < 1.29 is 13.9 Å². The molecule has 0 spiro atoms. The van der Waals surface area contributed by atoms with E-state index in [4.69, 9.17) is 26.5 Å². The van der Waals surface area contributed by atoms with Crippen molar-refractivity contribution in [1.29, 1.82) is 0 Å². The van der Waals surface area contributed by atoms with E-state index >= 15 is 0 Å². The Morgan fingerprint density at radius 2 is 2.22 bits per heavy atom. The normalized spacial score (nSPS) is 18.3. The average molecular weight is 264 g/mol. The Morgan fingerprint density at radius 1 is 1.39 bits per heavy atom. The summed E-state index contributed by atoms with van der Waals surface area (Å²) in [6, 6.07) is 6.67. The monoisotopic (exact) mass is 263 g/mol. The summed E-state index contributed by atoms with van der Waals surface area (Å²) < 4.78 is 11.0. The van der Waals surface area contributed by atoms with E-state index in [0.29, 0.717) is 27.8 Å². The van der Waals surface area contributed by atoms with Crippen molar-refractivity contribution >= 4 is 23.1 Å². The van der Waals surface area contributed by atoms with Crippen LogP contribution in [0.5, 0.6) is 5.75 Å². The molecule has 0 saturated heterocycles. The van der Waals surface area contributed by atoms with Gasteiger partial charge in [-0.3, -0.25) is 4.79 Å². The molecule has 92 valence electrons. The SMILES string of the molecule is Nc1cc(Cl)cc2c1OC(c1ccco1)CC2=O. The van der Waals surface area contributed by atoms with Crippen LogP contribution in [-0.2, 0) is 0 Å². The third kappa shape index (κ3) is 1.75. The maximum atomic E-state index is 12.1. The fraction of sp³-hybridized carbons (Fsp3) is 0.154. The third-order valence-corrected chi connectivity index (χ3v) is 3.09. The van der Waals surface area contributed by atoms with E-state index in [2.05, 4.69) is 0 Å². The predicted molar refractivity (Wildman–Crippen MR) is 66.9 cm³/mol. The number of ether oxygens (including phenoxy) is 1. The van der Waals surface area contributed by atoms with Gasteiger partial charge < -0.3 is 14.9 Å². The van der Waals surface area contributed by atoms with Crippen LogP contribution < -0.4 is 10.5 Å². The Bertz CT molecular complexity index is 607. The Kier molecular flexibility index (Phi) is 2.52. The Balaban J connectivity index is 2.05. The van der Waals surface area contributed by atoms with Crippen LogP contribution in [0.2, 0.25) is 5.02 Å². The van der Waals surface area contributed by atoms with Crippen LogP contribution in [0.1, 0.15) is 28.6 Å². The maximum absolute atomic E-state index is 12.1. The highest BCUT2D eigenvalue weighted by Gasteiger charge is 2.31. The lowest BCUT2D eigenvalue weighted by Crippen LogP contribution is -2.21. The van der Waals surface area contributed by atoms with Gasteiger partial charge in [-0.1, -0.05) is 11.6 Å². The molecule has 1 aliphatic heterocycles. The number of benzene rings is 1. The summed E-state index contributed by atoms with van der Waals surface area (Å²) >= 11 is 5.88. The minimum Gasteiger partial charge on any atom is -0.479 e. The molecule has 1 aromatic heterocycles. The molecule has 2 N–H and O–H groups in total. The molecule has 0 amide bonds. The molecule has 3 rings (SSSR count). The minimum absolute atomic E-state index is 0.0492. The van der Waals surface area contributed by atoms with Gasteiger partial charge in [-0.25, -0.2) is 0 Å². The summed E-state index contributed by atoms with van der Waals surface area (Å²) in [5.74, 6) is 0.951. The first-order valence-electron chi connectivity index (χ1n) is 5.47. The molecular weight excluding hydrogens is 254 g/mol. The Hall–Kier alpha value is -1.94. The number of fused-ring (bicyclic) bond motifs is 1. The highest BCUT2D eigenvalue weighted by Crippen LogP contribution is 2.40. The van der Waals surface area contributed by atoms with E-state index in [1.54, 1.807) is 30.5 Å². The number of furan rings is 1. The minimum atomic E-state index is -0.427. The molecule has 2 aromatic rings. The Morgan fingerprint density at radius 3 is 2.94 bits per heavy atom. The van der Waals surface area contributed by atoms with E-state index in [1.807, 2.05) is 0 Å². The molecule has 1 unspecified atom stereocenters. The van der Waals surface area contributed by atoms with Gasteiger partial charge in [-0.15, -0.1) is 0 Å². The van der Waals surface area contributed by atoms with Crippen molar-refractivity contribution in [3.8, 4) is 5.75 Å². The average Bonchev–Trinajstić information content (AvgIpc) is 2.83. The third-order valence-electron chi connectivity index (χ3n) is 2.87. The fourth-order valence-corrected chi connectivity index (χ4v) is 2.28. The van der Waals surface area contributed by atoms with Gasteiger partial charge in [0.2, 0.25) is 0 Å². The van der Waals surface area contributed by atoms with Crippen molar-refractivity contribution in [2.75, 3.05) is 5.73 Å². The zero-order valence-corrected chi connectivity index (χ0v) is 10.1. The van der Waals surface area contributed by atoms with Crippen molar-refractivity contribution in [3.63, 3.8) is 0 Å². The first kappa shape index (κ1) is 11.2. The molecule has 0 radical (unpaired) electrons. The number of nitrogen functional groups attached to an aromatic ring is 1.